The molecule has 4 N–H and O–H groups in total. The lowest BCUT2D eigenvalue weighted by Crippen LogP contribution is -2.64. The molecule has 47 heavy (non-hydrogen) atoms. The lowest BCUT2D eigenvalue weighted by molar-refractivity contribution is -0.216. The van der Waals surface area contributed by atoms with Crippen LogP contribution < -0.4 is 10.6 Å². The minimum absolute atomic E-state index is 0.0504. The molecule has 2 amide bonds. The molecular formula is C40H58N2O5. The summed E-state index contributed by atoms with van der Waals surface area (Å²) in [5.41, 5.74) is 2.60. The Bertz CT molecular complexity index is 1420. The van der Waals surface area contributed by atoms with Crippen LogP contribution in [0.4, 0.5) is 0 Å². The predicted octanol–water partition coefficient (Wildman–Crippen LogP) is 7.14. The van der Waals surface area contributed by atoms with E-state index in [9.17, 15) is 19.5 Å². The third-order valence-electron chi connectivity index (χ3n) is 14.9. The molecule has 0 saturated heterocycles. The maximum Gasteiger partial charge on any atom is 0.305 e. The molecule has 0 bridgehead atoms. The van der Waals surface area contributed by atoms with Gasteiger partial charge in [-0.1, -0.05) is 52.0 Å². The maximum atomic E-state index is 14.4. The first-order valence-corrected chi connectivity index (χ1v) is 18.4. The van der Waals surface area contributed by atoms with Crippen LogP contribution in [0, 0.1) is 57.2 Å². The van der Waals surface area contributed by atoms with E-state index in [-0.39, 0.29) is 47.1 Å². The van der Waals surface area contributed by atoms with Gasteiger partial charge in [-0.2, -0.15) is 0 Å². The van der Waals surface area contributed by atoms with Crippen molar-refractivity contribution in [2.24, 2.45) is 57.2 Å². The normalized spacial score (nSPS) is 40.2. The highest BCUT2D eigenvalue weighted by atomic mass is 16.4. The number of carbonyl (C=O) groups is 3. The number of allylic oxidation sites excluding steroid dienone is 1. The van der Waals surface area contributed by atoms with Crippen molar-refractivity contribution in [1.82, 2.24) is 10.6 Å². The second-order valence-electron chi connectivity index (χ2n) is 17.4. The monoisotopic (exact) mass is 646 g/mol. The second kappa shape index (κ2) is 12.3. The SMILES string of the molecule is C=C(C)C1CCC2(C(=O)NCc3cccc(C(=O)NCCC(=O)O)c3)CCC3C(CCC4C3(C)CCC3C(C)(C)C(O)CCC34C)C12. The molecule has 0 aliphatic heterocycles. The minimum Gasteiger partial charge on any atom is -0.481 e. The average Bonchev–Trinajstić information content (AvgIpc) is 3.43. The number of hydrogen-bond acceptors (Lipinski definition) is 4. The number of benzene rings is 1. The van der Waals surface area contributed by atoms with Gasteiger partial charge in [0.05, 0.1) is 17.9 Å². The van der Waals surface area contributed by atoms with Crippen molar-refractivity contribution in [3.05, 3.63) is 47.5 Å². The van der Waals surface area contributed by atoms with E-state index in [1.165, 1.54) is 31.3 Å². The number of aliphatic hydroxyl groups is 1. The van der Waals surface area contributed by atoms with Gasteiger partial charge in [0.15, 0.2) is 0 Å². The number of carboxylic acids is 1. The van der Waals surface area contributed by atoms with E-state index in [1.54, 1.807) is 12.1 Å². The molecule has 0 heterocycles. The third kappa shape index (κ3) is 5.56. The van der Waals surface area contributed by atoms with Crippen LogP contribution >= 0.6 is 0 Å². The largest absolute Gasteiger partial charge is 0.481 e. The summed E-state index contributed by atoms with van der Waals surface area (Å²) in [4.78, 5) is 37.9. The Kier molecular flexibility index (Phi) is 8.98. The van der Waals surface area contributed by atoms with E-state index in [4.69, 9.17) is 5.11 Å². The minimum atomic E-state index is -0.952. The number of aliphatic hydroxyl groups excluding tert-OH is 1. The number of carboxylic acid groups (broad SMARTS) is 1. The molecule has 0 spiro atoms. The molecule has 7 nitrogen and oxygen atoms in total. The van der Waals surface area contributed by atoms with Gasteiger partial charge >= 0.3 is 5.97 Å². The van der Waals surface area contributed by atoms with E-state index >= 15 is 0 Å². The van der Waals surface area contributed by atoms with Gasteiger partial charge in [-0.3, -0.25) is 14.4 Å². The van der Waals surface area contributed by atoms with Crippen LogP contribution in [0.15, 0.2) is 36.4 Å². The molecule has 6 rings (SSSR count). The van der Waals surface area contributed by atoms with Gasteiger partial charge in [0.25, 0.3) is 5.91 Å². The number of aliphatic carboxylic acids is 1. The van der Waals surface area contributed by atoms with E-state index in [1.807, 2.05) is 12.1 Å². The molecule has 7 heteroatoms. The molecule has 10 unspecified atom stereocenters. The standard InChI is InChI=1S/C40H58N2O5/c1-24(2)27-12-19-40(36(47)42-23-25-8-7-9-26(22-25)35(46)41-21-16-33(44)45)20-13-29-28(34(27)40)10-11-31-38(29,5)17-14-30-37(3,4)32(43)15-18-39(30,31)6/h7-9,22,27-32,34,43H,1,10-21,23H2,2-6H3,(H,41,46)(H,42,47)(H,44,45). The van der Waals surface area contributed by atoms with Crippen molar-refractivity contribution in [3.8, 4) is 0 Å². The first-order chi connectivity index (χ1) is 22.1. The molecule has 5 aliphatic rings. The molecule has 1 aromatic rings. The van der Waals surface area contributed by atoms with Gasteiger partial charge in [0.1, 0.15) is 0 Å². The molecule has 10 atom stereocenters. The predicted molar refractivity (Wildman–Crippen MR) is 183 cm³/mol. The lowest BCUT2D eigenvalue weighted by atomic mass is 9.36. The van der Waals surface area contributed by atoms with Crippen molar-refractivity contribution in [2.45, 2.75) is 118 Å². The zero-order chi connectivity index (χ0) is 33.9. The van der Waals surface area contributed by atoms with Crippen LogP contribution in [0.2, 0.25) is 0 Å². The molecule has 1 aromatic carbocycles. The van der Waals surface area contributed by atoms with Crippen LogP contribution in [-0.2, 0) is 16.1 Å². The maximum absolute atomic E-state index is 14.4. The van der Waals surface area contributed by atoms with Gasteiger partial charge in [-0.05, 0) is 141 Å². The molecule has 5 aliphatic carbocycles. The van der Waals surface area contributed by atoms with Gasteiger partial charge < -0.3 is 20.8 Å². The second-order valence-corrected chi connectivity index (χ2v) is 17.4. The molecule has 0 radical (unpaired) electrons. The van der Waals surface area contributed by atoms with Crippen LogP contribution in [0.25, 0.3) is 0 Å². The highest BCUT2D eigenvalue weighted by Crippen LogP contribution is 2.73. The summed E-state index contributed by atoms with van der Waals surface area (Å²) in [7, 11) is 0. The number of nitrogens with one attached hydrogen (secondary N) is 2. The molecule has 0 aromatic heterocycles. The molecule has 5 saturated carbocycles. The van der Waals surface area contributed by atoms with E-state index in [2.05, 4.69) is 51.8 Å². The fraction of sp³-hybridized carbons (Fsp3) is 0.725. The van der Waals surface area contributed by atoms with E-state index < -0.39 is 11.4 Å². The third-order valence-corrected chi connectivity index (χ3v) is 14.9. The smallest absolute Gasteiger partial charge is 0.305 e. The molecular weight excluding hydrogens is 588 g/mol. The topological polar surface area (TPSA) is 116 Å². The van der Waals surface area contributed by atoms with Crippen molar-refractivity contribution in [1.29, 1.82) is 0 Å². The zero-order valence-corrected chi connectivity index (χ0v) is 29.4. The van der Waals surface area contributed by atoms with Crippen molar-refractivity contribution < 1.29 is 24.6 Å². The van der Waals surface area contributed by atoms with Gasteiger partial charge in [-0.15, -0.1) is 0 Å². The Hall–Kier alpha value is -2.67. The summed E-state index contributed by atoms with van der Waals surface area (Å²) in [6.07, 6.45) is 10.4. The summed E-state index contributed by atoms with van der Waals surface area (Å²) >= 11 is 0. The van der Waals surface area contributed by atoms with Crippen molar-refractivity contribution in [2.75, 3.05) is 6.54 Å². The molecule has 258 valence electrons. The van der Waals surface area contributed by atoms with Gasteiger partial charge in [0.2, 0.25) is 5.91 Å². The fourth-order valence-corrected chi connectivity index (χ4v) is 12.8. The summed E-state index contributed by atoms with van der Waals surface area (Å²) in [5.74, 6) is 1.89. The Morgan fingerprint density at radius 1 is 0.894 bits per heavy atom. The summed E-state index contributed by atoms with van der Waals surface area (Å²) < 4.78 is 0. The Labute approximate surface area is 281 Å². The summed E-state index contributed by atoms with van der Waals surface area (Å²) in [6.45, 7) is 16.9. The highest BCUT2D eigenvalue weighted by molar-refractivity contribution is 5.94. The first kappa shape index (κ1) is 34.2. The average molecular weight is 647 g/mol. The molecule has 5 fully saturated rings. The van der Waals surface area contributed by atoms with E-state index in [0.717, 1.165) is 44.1 Å². The quantitative estimate of drug-likeness (QED) is 0.224. The van der Waals surface area contributed by atoms with Crippen molar-refractivity contribution >= 4 is 17.8 Å². The summed E-state index contributed by atoms with van der Waals surface area (Å²) in [6, 6.07) is 7.25. The van der Waals surface area contributed by atoms with Gasteiger partial charge in [-0.25, -0.2) is 0 Å². The number of carbonyl (C=O) groups excluding carboxylic acids is 2. The highest BCUT2D eigenvalue weighted by Gasteiger charge is 2.68. The number of rotatable bonds is 8. The number of amides is 2. The first-order valence-electron chi connectivity index (χ1n) is 18.4. The Morgan fingerprint density at radius 2 is 1.62 bits per heavy atom. The Balaban J connectivity index is 1.21. The number of hydrogen-bond donors (Lipinski definition) is 4. The van der Waals surface area contributed by atoms with Crippen molar-refractivity contribution in [3.63, 3.8) is 0 Å². The van der Waals surface area contributed by atoms with E-state index in [0.29, 0.717) is 47.6 Å². The number of fused-ring (bicyclic) bond motifs is 7. The van der Waals surface area contributed by atoms with Gasteiger partial charge in [0, 0.05) is 18.7 Å². The van der Waals surface area contributed by atoms with Crippen LogP contribution in [0.5, 0.6) is 0 Å². The van der Waals surface area contributed by atoms with Crippen LogP contribution in [-0.4, -0.2) is 40.6 Å². The summed E-state index contributed by atoms with van der Waals surface area (Å²) in [5, 5.41) is 25.9. The Morgan fingerprint density at radius 3 is 2.34 bits per heavy atom. The lowest BCUT2D eigenvalue weighted by Gasteiger charge is -2.69. The fourth-order valence-electron chi connectivity index (χ4n) is 12.8. The zero-order valence-electron chi connectivity index (χ0n) is 29.4. The van der Waals surface area contributed by atoms with Crippen LogP contribution in [0.1, 0.15) is 121 Å². The van der Waals surface area contributed by atoms with Crippen LogP contribution in [0.3, 0.4) is 0 Å².